The number of carbonyl (C=O) groups excluding carboxylic acids is 1. The van der Waals surface area contributed by atoms with Crippen LogP contribution in [0.3, 0.4) is 0 Å². The smallest absolute Gasteiger partial charge is 0.240 e. The molecule has 0 unspecified atom stereocenters. The third-order valence-corrected chi connectivity index (χ3v) is 6.37. The van der Waals surface area contributed by atoms with Gasteiger partial charge in [0, 0.05) is 25.2 Å². The van der Waals surface area contributed by atoms with Crippen molar-refractivity contribution < 1.29 is 13.2 Å². The van der Waals surface area contributed by atoms with E-state index >= 15 is 0 Å². The van der Waals surface area contributed by atoms with Crippen LogP contribution in [0.4, 0.5) is 5.69 Å². The lowest BCUT2D eigenvalue weighted by Crippen LogP contribution is -2.28. The quantitative estimate of drug-likeness (QED) is 0.743. The van der Waals surface area contributed by atoms with Crippen LogP contribution in [0.25, 0.3) is 0 Å². The second-order valence-electron chi connectivity index (χ2n) is 6.93. The second kappa shape index (κ2) is 8.23. The highest BCUT2D eigenvalue weighted by Gasteiger charge is 2.25. The normalized spacial score (nSPS) is 13.6. The van der Waals surface area contributed by atoms with Crippen LogP contribution in [0.1, 0.15) is 36.5 Å². The fourth-order valence-corrected chi connectivity index (χ4v) is 4.46. The molecule has 1 N–H and O–H groups in total. The summed E-state index contributed by atoms with van der Waals surface area (Å²) in [5.74, 6) is 0.0681. The van der Waals surface area contributed by atoms with Gasteiger partial charge in [-0.2, -0.15) is 0 Å². The van der Waals surface area contributed by atoms with Crippen LogP contribution in [0.2, 0.25) is 0 Å². The number of hydrogen-bond donors (Lipinski definition) is 1. The maximum atomic E-state index is 12.6. The molecule has 6 heteroatoms. The first-order chi connectivity index (χ1) is 12.9. The predicted octanol–water partition coefficient (Wildman–Crippen LogP) is 3.21. The number of fused-ring (bicyclic) bond motifs is 1. The Morgan fingerprint density at radius 3 is 2.59 bits per heavy atom. The maximum Gasteiger partial charge on any atom is 0.240 e. The van der Waals surface area contributed by atoms with Crippen LogP contribution in [0, 0.1) is 6.92 Å². The highest BCUT2D eigenvalue weighted by molar-refractivity contribution is 7.89. The zero-order valence-corrected chi connectivity index (χ0v) is 16.7. The number of hydrogen-bond acceptors (Lipinski definition) is 3. The molecule has 0 saturated carbocycles. The van der Waals surface area contributed by atoms with E-state index < -0.39 is 10.0 Å². The molecule has 0 fully saturated rings. The molecular formula is C21H26N2O3S. The highest BCUT2D eigenvalue weighted by atomic mass is 32.2. The number of nitrogens with zero attached hydrogens (tertiary/aromatic N) is 1. The fraction of sp³-hybridized carbons (Fsp3) is 0.381. The second-order valence-corrected chi connectivity index (χ2v) is 8.69. The number of anilines is 1. The summed E-state index contributed by atoms with van der Waals surface area (Å²) in [5, 5.41) is 0. The molecule has 0 radical (unpaired) electrons. The molecule has 0 aliphatic carbocycles. The van der Waals surface area contributed by atoms with E-state index in [-0.39, 0.29) is 10.8 Å². The molecule has 0 spiro atoms. The van der Waals surface area contributed by atoms with Crippen LogP contribution in [-0.4, -0.2) is 27.4 Å². The van der Waals surface area contributed by atoms with E-state index in [0.29, 0.717) is 25.9 Å². The summed E-state index contributed by atoms with van der Waals surface area (Å²) < 4.78 is 27.8. The Balaban J connectivity index is 1.60. The Bertz CT molecular complexity index is 921. The van der Waals surface area contributed by atoms with E-state index in [2.05, 4.69) is 29.0 Å². The molecule has 144 valence electrons. The van der Waals surface area contributed by atoms with Gasteiger partial charge < -0.3 is 4.90 Å². The first-order valence-corrected chi connectivity index (χ1v) is 10.9. The minimum Gasteiger partial charge on any atom is -0.312 e. The van der Waals surface area contributed by atoms with Crippen molar-refractivity contribution in [2.24, 2.45) is 0 Å². The molecule has 0 saturated heterocycles. The molecule has 5 nitrogen and oxygen atoms in total. The standard InChI is InChI=1S/C21H26N2O3S/c1-3-21(24)23-14-12-18-15-19(10-11-20(18)23)27(25,26)22-13-4-5-17-8-6-16(2)7-9-17/h6-11,15,22H,3-5,12-14H2,1-2H3. The summed E-state index contributed by atoms with van der Waals surface area (Å²) in [7, 11) is -3.54. The molecule has 0 bridgehead atoms. The van der Waals surface area contributed by atoms with Crippen LogP contribution < -0.4 is 9.62 Å². The zero-order chi connectivity index (χ0) is 19.4. The predicted molar refractivity (Wildman–Crippen MR) is 107 cm³/mol. The van der Waals surface area contributed by atoms with Gasteiger partial charge in [-0.15, -0.1) is 0 Å². The zero-order valence-electron chi connectivity index (χ0n) is 15.9. The van der Waals surface area contributed by atoms with Gasteiger partial charge in [-0.25, -0.2) is 13.1 Å². The Kier molecular flexibility index (Phi) is 5.97. The third kappa shape index (κ3) is 4.57. The van der Waals surface area contributed by atoms with Gasteiger partial charge in [0.15, 0.2) is 0 Å². The molecule has 3 rings (SSSR count). The largest absolute Gasteiger partial charge is 0.312 e. The molecule has 27 heavy (non-hydrogen) atoms. The summed E-state index contributed by atoms with van der Waals surface area (Å²) in [6.07, 6.45) is 2.72. The Labute approximate surface area is 161 Å². The van der Waals surface area contributed by atoms with Gasteiger partial charge in [-0.05, 0) is 55.5 Å². The molecule has 2 aromatic rings. The molecule has 1 aliphatic heterocycles. The van der Waals surface area contributed by atoms with Crippen molar-refractivity contribution in [1.82, 2.24) is 4.72 Å². The van der Waals surface area contributed by atoms with Gasteiger partial charge in [0.25, 0.3) is 0 Å². The van der Waals surface area contributed by atoms with E-state index in [4.69, 9.17) is 0 Å². The molecular weight excluding hydrogens is 360 g/mol. The van der Waals surface area contributed by atoms with Crippen molar-refractivity contribution >= 4 is 21.6 Å². The van der Waals surface area contributed by atoms with E-state index in [1.54, 1.807) is 23.1 Å². The summed E-state index contributed by atoms with van der Waals surface area (Å²) in [5.41, 5.74) is 4.17. The number of carbonyl (C=O) groups is 1. The third-order valence-electron chi connectivity index (χ3n) is 4.92. The van der Waals surface area contributed by atoms with Gasteiger partial charge in [0.05, 0.1) is 4.90 Å². The minimum absolute atomic E-state index is 0.0681. The van der Waals surface area contributed by atoms with Gasteiger partial charge in [-0.3, -0.25) is 4.79 Å². The number of nitrogens with one attached hydrogen (secondary N) is 1. The van der Waals surface area contributed by atoms with Crippen molar-refractivity contribution in [2.45, 2.75) is 44.4 Å². The van der Waals surface area contributed by atoms with Crippen molar-refractivity contribution in [1.29, 1.82) is 0 Å². The SMILES string of the molecule is CCC(=O)N1CCc2cc(S(=O)(=O)NCCCc3ccc(C)cc3)ccc21. The topological polar surface area (TPSA) is 66.5 Å². The van der Waals surface area contributed by atoms with Crippen LogP contribution in [-0.2, 0) is 27.7 Å². The number of benzene rings is 2. The summed E-state index contributed by atoms with van der Waals surface area (Å²) in [4.78, 5) is 14.0. The molecule has 1 heterocycles. The monoisotopic (exact) mass is 386 g/mol. The first kappa shape index (κ1) is 19.6. The van der Waals surface area contributed by atoms with Gasteiger partial charge in [0.1, 0.15) is 0 Å². The Morgan fingerprint density at radius 1 is 1.15 bits per heavy atom. The highest BCUT2D eigenvalue weighted by Crippen LogP contribution is 2.30. The molecule has 1 amide bonds. The fourth-order valence-electron chi connectivity index (χ4n) is 3.33. The average molecular weight is 387 g/mol. The Morgan fingerprint density at radius 2 is 1.89 bits per heavy atom. The lowest BCUT2D eigenvalue weighted by molar-refractivity contribution is -0.118. The number of amides is 1. The van der Waals surface area contributed by atoms with Crippen LogP contribution in [0.5, 0.6) is 0 Å². The van der Waals surface area contributed by atoms with Crippen molar-refractivity contribution in [2.75, 3.05) is 18.0 Å². The van der Waals surface area contributed by atoms with Crippen LogP contribution >= 0.6 is 0 Å². The maximum absolute atomic E-state index is 12.6. The number of rotatable bonds is 7. The first-order valence-electron chi connectivity index (χ1n) is 9.39. The van der Waals surface area contributed by atoms with Gasteiger partial charge in [-0.1, -0.05) is 36.8 Å². The average Bonchev–Trinajstić information content (AvgIpc) is 3.09. The van der Waals surface area contributed by atoms with Gasteiger partial charge in [0.2, 0.25) is 15.9 Å². The number of sulfonamides is 1. The molecule has 0 atom stereocenters. The minimum atomic E-state index is -3.54. The summed E-state index contributed by atoms with van der Waals surface area (Å²) in [6, 6.07) is 13.3. The van der Waals surface area contributed by atoms with Gasteiger partial charge >= 0.3 is 0 Å². The number of aryl methyl sites for hydroxylation is 2. The summed E-state index contributed by atoms with van der Waals surface area (Å²) in [6.45, 7) is 4.90. The van der Waals surface area contributed by atoms with E-state index in [9.17, 15) is 13.2 Å². The van der Waals surface area contributed by atoms with Crippen molar-refractivity contribution in [3.05, 3.63) is 59.2 Å². The van der Waals surface area contributed by atoms with Crippen LogP contribution in [0.15, 0.2) is 47.4 Å². The van der Waals surface area contributed by atoms with E-state index in [1.165, 1.54) is 11.1 Å². The molecule has 1 aliphatic rings. The Hall–Kier alpha value is -2.18. The lowest BCUT2D eigenvalue weighted by Gasteiger charge is -2.16. The molecule has 2 aromatic carbocycles. The van der Waals surface area contributed by atoms with E-state index in [0.717, 1.165) is 24.1 Å². The molecule has 0 aromatic heterocycles. The lowest BCUT2D eigenvalue weighted by atomic mass is 10.1. The summed E-state index contributed by atoms with van der Waals surface area (Å²) >= 11 is 0. The van der Waals surface area contributed by atoms with E-state index in [1.807, 2.05) is 13.8 Å². The van der Waals surface area contributed by atoms with Crippen molar-refractivity contribution in [3.63, 3.8) is 0 Å². The van der Waals surface area contributed by atoms with Crippen molar-refractivity contribution in [3.8, 4) is 0 Å².